The van der Waals surface area contributed by atoms with Crippen molar-refractivity contribution < 1.29 is 0 Å². The SMILES string of the molecule is CCCC(CS)(CCC)CN(C)C1CCCC1. The first kappa shape index (κ1) is 15.4. The predicted molar refractivity (Wildman–Crippen MR) is 81.0 cm³/mol. The fourth-order valence-corrected chi connectivity index (χ4v) is 3.97. The van der Waals surface area contributed by atoms with Crippen molar-refractivity contribution in [3.05, 3.63) is 0 Å². The third kappa shape index (κ3) is 4.48. The van der Waals surface area contributed by atoms with Gasteiger partial charge in [-0.1, -0.05) is 39.5 Å². The van der Waals surface area contributed by atoms with E-state index in [1.54, 1.807) is 0 Å². The maximum Gasteiger partial charge on any atom is 0.00924 e. The van der Waals surface area contributed by atoms with E-state index in [0.717, 1.165) is 11.8 Å². The second kappa shape index (κ2) is 7.68. The Hall–Kier alpha value is 0.310. The summed E-state index contributed by atoms with van der Waals surface area (Å²) in [5.74, 6) is 1.05. The zero-order chi connectivity index (χ0) is 12.7. The number of hydrogen-bond acceptors (Lipinski definition) is 2. The molecule has 0 aliphatic heterocycles. The van der Waals surface area contributed by atoms with Crippen molar-refractivity contribution >= 4 is 12.6 Å². The topological polar surface area (TPSA) is 3.24 Å². The van der Waals surface area contributed by atoms with Gasteiger partial charge < -0.3 is 4.90 Å². The molecule has 1 aliphatic rings. The molecule has 0 spiro atoms. The fourth-order valence-electron chi connectivity index (χ4n) is 3.56. The van der Waals surface area contributed by atoms with Gasteiger partial charge in [0, 0.05) is 12.6 Å². The lowest BCUT2D eigenvalue weighted by molar-refractivity contribution is 0.134. The summed E-state index contributed by atoms with van der Waals surface area (Å²) < 4.78 is 0. The Labute approximate surface area is 114 Å². The maximum absolute atomic E-state index is 4.66. The van der Waals surface area contributed by atoms with E-state index in [9.17, 15) is 0 Å². The van der Waals surface area contributed by atoms with Crippen molar-refractivity contribution in [1.82, 2.24) is 4.90 Å². The quantitative estimate of drug-likeness (QED) is 0.632. The molecular weight excluding hydrogens is 226 g/mol. The van der Waals surface area contributed by atoms with E-state index in [4.69, 9.17) is 0 Å². The average Bonchev–Trinajstić information content (AvgIpc) is 2.83. The van der Waals surface area contributed by atoms with E-state index < -0.39 is 0 Å². The first-order valence-electron chi connectivity index (χ1n) is 7.48. The Bertz CT molecular complexity index is 193. The maximum atomic E-state index is 4.66. The molecule has 1 nitrogen and oxygen atoms in total. The van der Waals surface area contributed by atoms with Gasteiger partial charge in [0.2, 0.25) is 0 Å². The smallest absolute Gasteiger partial charge is 0.00924 e. The van der Waals surface area contributed by atoms with Crippen LogP contribution >= 0.6 is 12.6 Å². The van der Waals surface area contributed by atoms with Crippen LogP contribution in [0.15, 0.2) is 0 Å². The molecule has 2 heteroatoms. The third-order valence-electron chi connectivity index (χ3n) is 4.43. The normalized spacial score (nSPS) is 18.2. The van der Waals surface area contributed by atoms with Crippen molar-refractivity contribution in [3.8, 4) is 0 Å². The van der Waals surface area contributed by atoms with E-state index in [1.807, 2.05) is 0 Å². The highest BCUT2D eigenvalue weighted by atomic mass is 32.1. The minimum absolute atomic E-state index is 0.462. The van der Waals surface area contributed by atoms with Gasteiger partial charge in [-0.2, -0.15) is 12.6 Å². The van der Waals surface area contributed by atoms with Gasteiger partial charge in [-0.25, -0.2) is 0 Å². The molecule has 0 radical (unpaired) electrons. The molecule has 1 aliphatic carbocycles. The molecule has 0 bridgehead atoms. The molecule has 0 saturated heterocycles. The molecular formula is C15H31NS. The molecule has 0 N–H and O–H groups in total. The Kier molecular flexibility index (Phi) is 6.94. The van der Waals surface area contributed by atoms with Gasteiger partial charge >= 0.3 is 0 Å². The van der Waals surface area contributed by atoms with Crippen molar-refractivity contribution in [3.63, 3.8) is 0 Å². The van der Waals surface area contributed by atoms with Crippen LogP contribution in [0.5, 0.6) is 0 Å². The summed E-state index contributed by atoms with van der Waals surface area (Å²) in [6.07, 6.45) is 10.9. The Morgan fingerprint density at radius 2 is 1.65 bits per heavy atom. The molecule has 0 aromatic carbocycles. The highest BCUT2D eigenvalue weighted by Gasteiger charge is 2.31. The van der Waals surface area contributed by atoms with Crippen LogP contribution in [-0.2, 0) is 0 Å². The van der Waals surface area contributed by atoms with Crippen LogP contribution in [0.4, 0.5) is 0 Å². The van der Waals surface area contributed by atoms with Crippen LogP contribution in [0.1, 0.15) is 65.2 Å². The summed E-state index contributed by atoms with van der Waals surface area (Å²) >= 11 is 4.66. The number of nitrogens with zero attached hydrogens (tertiary/aromatic N) is 1. The third-order valence-corrected chi connectivity index (χ3v) is 5.10. The van der Waals surface area contributed by atoms with E-state index in [1.165, 1.54) is 57.9 Å². The van der Waals surface area contributed by atoms with Crippen LogP contribution in [0, 0.1) is 5.41 Å². The summed E-state index contributed by atoms with van der Waals surface area (Å²) in [4.78, 5) is 2.63. The first-order valence-corrected chi connectivity index (χ1v) is 8.12. The Balaban J connectivity index is 2.56. The molecule has 0 aromatic heterocycles. The highest BCUT2D eigenvalue weighted by molar-refractivity contribution is 7.80. The molecule has 0 heterocycles. The van der Waals surface area contributed by atoms with Crippen molar-refractivity contribution in [1.29, 1.82) is 0 Å². The lowest BCUT2D eigenvalue weighted by Gasteiger charge is -2.38. The largest absolute Gasteiger partial charge is 0.303 e. The molecule has 1 fully saturated rings. The molecule has 1 rings (SSSR count). The van der Waals surface area contributed by atoms with Crippen LogP contribution in [0.3, 0.4) is 0 Å². The highest BCUT2D eigenvalue weighted by Crippen LogP contribution is 2.34. The van der Waals surface area contributed by atoms with Crippen LogP contribution in [-0.4, -0.2) is 30.3 Å². The van der Waals surface area contributed by atoms with Crippen LogP contribution in [0.2, 0.25) is 0 Å². The van der Waals surface area contributed by atoms with Crippen LogP contribution < -0.4 is 0 Å². The lowest BCUT2D eigenvalue weighted by Crippen LogP contribution is -2.41. The van der Waals surface area contributed by atoms with Gasteiger partial charge in [-0.05, 0) is 43.9 Å². The second-order valence-corrected chi connectivity index (χ2v) is 6.33. The van der Waals surface area contributed by atoms with Crippen molar-refractivity contribution in [2.24, 2.45) is 5.41 Å². The first-order chi connectivity index (χ1) is 8.17. The van der Waals surface area contributed by atoms with Gasteiger partial charge in [-0.15, -0.1) is 0 Å². The second-order valence-electron chi connectivity index (χ2n) is 6.01. The molecule has 17 heavy (non-hydrogen) atoms. The Morgan fingerprint density at radius 3 is 2.06 bits per heavy atom. The molecule has 0 atom stereocenters. The lowest BCUT2D eigenvalue weighted by atomic mass is 9.80. The van der Waals surface area contributed by atoms with E-state index in [-0.39, 0.29) is 0 Å². The Morgan fingerprint density at radius 1 is 1.12 bits per heavy atom. The average molecular weight is 257 g/mol. The molecule has 0 amide bonds. The standard InChI is InChI=1S/C15H31NS/c1-4-10-15(13-17,11-5-2)12-16(3)14-8-6-7-9-14/h14,17H,4-13H2,1-3H3. The number of thiol groups is 1. The van der Waals surface area contributed by atoms with Crippen LogP contribution in [0.25, 0.3) is 0 Å². The monoisotopic (exact) mass is 257 g/mol. The van der Waals surface area contributed by atoms with E-state index >= 15 is 0 Å². The predicted octanol–water partition coefficient (Wildman–Crippen LogP) is 4.38. The zero-order valence-corrected chi connectivity index (χ0v) is 12.9. The summed E-state index contributed by atoms with van der Waals surface area (Å²) in [5, 5.41) is 0. The van der Waals surface area contributed by atoms with Gasteiger partial charge in [0.25, 0.3) is 0 Å². The molecule has 0 unspecified atom stereocenters. The molecule has 0 aromatic rings. The van der Waals surface area contributed by atoms with E-state index in [2.05, 4.69) is 38.4 Å². The minimum atomic E-state index is 0.462. The summed E-state index contributed by atoms with van der Waals surface area (Å²) in [6, 6.07) is 0.850. The molecule has 102 valence electrons. The number of hydrogen-bond donors (Lipinski definition) is 1. The zero-order valence-electron chi connectivity index (χ0n) is 12.0. The fraction of sp³-hybridized carbons (Fsp3) is 1.00. The van der Waals surface area contributed by atoms with E-state index in [0.29, 0.717) is 5.41 Å². The summed E-state index contributed by atoms with van der Waals surface area (Å²) in [5.41, 5.74) is 0.462. The van der Waals surface area contributed by atoms with Gasteiger partial charge in [0.05, 0.1) is 0 Å². The minimum Gasteiger partial charge on any atom is -0.303 e. The van der Waals surface area contributed by atoms with Gasteiger partial charge in [0.1, 0.15) is 0 Å². The molecule has 1 saturated carbocycles. The summed E-state index contributed by atoms with van der Waals surface area (Å²) in [6.45, 7) is 5.87. The summed E-state index contributed by atoms with van der Waals surface area (Å²) in [7, 11) is 2.33. The van der Waals surface area contributed by atoms with Gasteiger partial charge in [0.15, 0.2) is 0 Å². The number of rotatable bonds is 8. The van der Waals surface area contributed by atoms with Crippen molar-refractivity contribution in [2.45, 2.75) is 71.3 Å². The van der Waals surface area contributed by atoms with Gasteiger partial charge in [-0.3, -0.25) is 0 Å². The van der Waals surface area contributed by atoms with Crippen molar-refractivity contribution in [2.75, 3.05) is 19.3 Å².